The van der Waals surface area contributed by atoms with Crippen molar-refractivity contribution >= 4 is 11.4 Å². The van der Waals surface area contributed by atoms with Gasteiger partial charge in [-0.25, -0.2) is 0 Å². The van der Waals surface area contributed by atoms with Gasteiger partial charge >= 0.3 is 0 Å². The molecule has 3 heteroatoms. The van der Waals surface area contributed by atoms with E-state index in [0.717, 1.165) is 24.5 Å². The van der Waals surface area contributed by atoms with Crippen molar-refractivity contribution in [3.05, 3.63) is 23.8 Å². The predicted molar refractivity (Wildman–Crippen MR) is 67.8 cm³/mol. The van der Waals surface area contributed by atoms with E-state index in [0.29, 0.717) is 0 Å². The third kappa shape index (κ3) is 2.30. The average molecular weight is 220 g/mol. The smallest absolute Gasteiger partial charge is 0.0726 e. The highest BCUT2D eigenvalue weighted by Crippen LogP contribution is 2.27. The Morgan fingerprint density at radius 3 is 2.50 bits per heavy atom. The molecule has 1 aliphatic rings. The second-order valence-electron chi connectivity index (χ2n) is 4.72. The summed E-state index contributed by atoms with van der Waals surface area (Å²) in [7, 11) is 0. The van der Waals surface area contributed by atoms with Crippen LogP contribution in [0.4, 0.5) is 11.4 Å². The predicted octanol–water partition coefficient (Wildman–Crippen LogP) is 2.19. The van der Waals surface area contributed by atoms with Gasteiger partial charge in [0.2, 0.25) is 0 Å². The second-order valence-corrected chi connectivity index (χ2v) is 4.72. The van der Waals surface area contributed by atoms with E-state index in [1.165, 1.54) is 5.56 Å². The lowest BCUT2D eigenvalue weighted by Crippen LogP contribution is -2.45. The Labute approximate surface area is 97.2 Å². The van der Waals surface area contributed by atoms with Crippen molar-refractivity contribution in [1.29, 1.82) is 0 Å². The highest BCUT2D eigenvalue weighted by Gasteiger charge is 2.23. The first-order chi connectivity index (χ1) is 7.56. The molecule has 88 valence electrons. The fourth-order valence-corrected chi connectivity index (χ4v) is 2.30. The lowest BCUT2D eigenvalue weighted by atomic mass is 10.1. The number of benzene rings is 1. The molecular formula is C13H20N2O. The number of hydrogen-bond acceptors (Lipinski definition) is 3. The molecule has 0 amide bonds. The molecule has 0 aliphatic carbocycles. The van der Waals surface area contributed by atoms with E-state index in [2.05, 4.69) is 31.7 Å². The van der Waals surface area contributed by atoms with E-state index < -0.39 is 0 Å². The van der Waals surface area contributed by atoms with Crippen molar-refractivity contribution in [2.45, 2.75) is 33.0 Å². The Balaban J connectivity index is 2.25. The first-order valence-corrected chi connectivity index (χ1v) is 5.83. The van der Waals surface area contributed by atoms with Gasteiger partial charge in [0.1, 0.15) is 0 Å². The molecule has 1 heterocycles. The Kier molecular flexibility index (Phi) is 3.06. The molecule has 0 bridgehead atoms. The molecule has 2 rings (SSSR count). The van der Waals surface area contributed by atoms with Crippen LogP contribution < -0.4 is 10.6 Å². The summed E-state index contributed by atoms with van der Waals surface area (Å²) >= 11 is 0. The fraction of sp³-hybridized carbons (Fsp3) is 0.538. The zero-order valence-electron chi connectivity index (χ0n) is 10.2. The van der Waals surface area contributed by atoms with Crippen LogP contribution in [0.5, 0.6) is 0 Å². The Bertz CT molecular complexity index is 368. The minimum Gasteiger partial charge on any atom is -0.397 e. The van der Waals surface area contributed by atoms with Gasteiger partial charge in [-0.05, 0) is 38.5 Å². The van der Waals surface area contributed by atoms with Crippen molar-refractivity contribution < 1.29 is 4.74 Å². The summed E-state index contributed by atoms with van der Waals surface area (Å²) in [6.07, 6.45) is 0.535. The lowest BCUT2D eigenvalue weighted by Gasteiger charge is -2.37. The van der Waals surface area contributed by atoms with E-state index >= 15 is 0 Å². The van der Waals surface area contributed by atoms with Crippen LogP contribution in [0.1, 0.15) is 19.4 Å². The molecule has 3 nitrogen and oxygen atoms in total. The number of aryl methyl sites for hydroxylation is 1. The maximum absolute atomic E-state index is 6.03. The largest absolute Gasteiger partial charge is 0.397 e. The van der Waals surface area contributed by atoms with Crippen molar-refractivity contribution in [2.75, 3.05) is 23.7 Å². The van der Waals surface area contributed by atoms with E-state index in [-0.39, 0.29) is 12.2 Å². The van der Waals surface area contributed by atoms with Crippen LogP contribution in [-0.4, -0.2) is 25.3 Å². The van der Waals surface area contributed by atoms with Gasteiger partial charge in [-0.1, -0.05) is 6.07 Å². The molecule has 0 radical (unpaired) electrons. The molecule has 1 aromatic rings. The molecule has 16 heavy (non-hydrogen) atoms. The highest BCUT2D eigenvalue weighted by atomic mass is 16.5. The minimum absolute atomic E-state index is 0.267. The van der Waals surface area contributed by atoms with Crippen LogP contribution in [0.3, 0.4) is 0 Å². The number of hydrogen-bond donors (Lipinski definition) is 1. The summed E-state index contributed by atoms with van der Waals surface area (Å²) in [5.41, 5.74) is 9.27. The number of nitrogens with two attached hydrogens (primary N) is 1. The van der Waals surface area contributed by atoms with Crippen LogP contribution in [-0.2, 0) is 4.74 Å². The normalized spacial score (nSPS) is 25.8. The van der Waals surface area contributed by atoms with Gasteiger partial charge in [0.05, 0.1) is 23.6 Å². The second kappa shape index (κ2) is 4.34. The maximum Gasteiger partial charge on any atom is 0.0726 e. The van der Waals surface area contributed by atoms with Crippen LogP contribution in [0.2, 0.25) is 0 Å². The van der Waals surface area contributed by atoms with Crippen LogP contribution >= 0.6 is 0 Å². The minimum atomic E-state index is 0.267. The van der Waals surface area contributed by atoms with E-state index in [1.54, 1.807) is 0 Å². The van der Waals surface area contributed by atoms with Crippen LogP contribution in [0, 0.1) is 6.92 Å². The molecule has 2 unspecified atom stereocenters. The summed E-state index contributed by atoms with van der Waals surface area (Å²) in [5, 5.41) is 0. The molecule has 0 saturated carbocycles. The van der Waals surface area contributed by atoms with E-state index in [1.807, 2.05) is 12.1 Å². The Morgan fingerprint density at radius 1 is 1.25 bits per heavy atom. The third-order valence-electron chi connectivity index (χ3n) is 2.95. The van der Waals surface area contributed by atoms with Crippen molar-refractivity contribution in [2.24, 2.45) is 0 Å². The van der Waals surface area contributed by atoms with Gasteiger partial charge in [-0.2, -0.15) is 0 Å². The Morgan fingerprint density at radius 2 is 1.88 bits per heavy atom. The molecule has 0 spiro atoms. The van der Waals surface area contributed by atoms with Crippen molar-refractivity contribution in [3.63, 3.8) is 0 Å². The fourth-order valence-electron chi connectivity index (χ4n) is 2.30. The molecule has 0 aromatic heterocycles. The van der Waals surface area contributed by atoms with Gasteiger partial charge in [-0.3, -0.25) is 0 Å². The summed E-state index contributed by atoms with van der Waals surface area (Å²) < 4.78 is 5.73. The van der Waals surface area contributed by atoms with E-state index in [9.17, 15) is 0 Å². The SMILES string of the molecule is Cc1ccc(N)c(N2CC(C)OC(C)C2)c1. The van der Waals surface area contributed by atoms with Gasteiger partial charge in [0.25, 0.3) is 0 Å². The number of ether oxygens (including phenoxy) is 1. The van der Waals surface area contributed by atoms with E-state index in [4.69, 9.17) is 10.5 Å². The average Bonchev–Trinajstić information content (AvgIpc) is 2.20. The number of morpholine rings is 1. The highest BCUT2D eigenvalue weighted by molar-refractivity contribution is 5.68. The lowest BCUT2D eigenvalue weighted by molar-refractivity contribution is -0.00517. The zero-order valence-corrected chi connectivity index (χ0v) is 10.2. The van der Waals surface area contributed by atoms with Gasteiger partial charge in [0.15, 0.2) is 0 Å². The Hall–Kier alpha value is -1.22. The summed E-state index contributed by atoms with van der Waals surface area (Å²) in [6.45, 7) is 8.13. The zero-order chi connectivity index (χ0) is 11.7. The monoisotopic (exact) mass is 220 g/mol. The molecule has 1 aromatic carbocycles. The summed E-state index contributed by atoms with van der Waals surface area (Å²) in [6, 6.07) is 6.18. The number of nitrogen functional groups attached to an aromatic ring is 1. The summed E-state index contributed by atoms with van der Waals surface area (Å²) in [4.78, 5) is 2.32. The van der Waals surface area contributed by atoms with Gasteiger partial charge in [0, 0.05) is 13.1 Å². The first-order valence-electron chi connectivity index (χ1n) is 5.83. The standard InChI is InChI=1S/C13H20N2O/c1-9-4-5-12(14)13(6-9)15-7-10(2)16-11(3)8-15/h4-6,10-11H,7-8,14H2,1-3H3. The topological polar surface area (TPSA) is 38.5 Å². The quantitative estimate of drug-likeness (QED) is 0.737. The third-order valence-corrected chi connectivity index (χ3v) is 2.95. The molecule has 2 N–H and O–H groups in total. The number of rotatable bonds is 1. The molecule has 1 saturated heterocycles. The molecular weight excluding hydrogens is 200 g/mol. The number of anilines is 2. The molecule has 1 fully saturated rings. The first kappa shape index (κ1) is 11.3. The summed E-state index contributed by atoms with van der Waals surface area (Å²) in [5.74, 6) is 0. The van der Waals surface area contributed by atoms with Crippen LogP contribution in [0.25, 0.3) is 0 Å². The van der Waals surface area contributed by atoms with Gasteiger partial charge in [-0.15, -0.1) is 0 Å². The maximum atomic E-state index is 6.03. The van der Waals surface area contributed by atoms with Crippen molar-refractivity contribution in [1.82, 2.24) is 0 Å². The van der Waals surface area contributed by atoms with Crippen molar-refractivity contribution in [3.8, 4) is 0 Å². The van der Waals surface area contributed by atoms with Gasteiger partial charge < -0.3 is 15.4 Å². The van der Waals surface area contributed by atoms with Crippen LogP contribution in [0.15, 0.2) is 18.2 Å². The molecule has 2 atom stereocenters. The molecule has 1 aliphatic heterocycles. The number of nitrogens with zero attached hydrogens (tertiary/aromatic N) is 1.